The number of rotatable bonds is 19. The molecule has 1 aliphatic heterocycles. The van der Waals surface area contributed by atoms with Crippen molar-refractivity contribution in [1.29, 1.82) is 0 Å². The summed E-state index contributed by atoms with van der Waals surface area (Å²) in [7, 11) is 0. The molecule has 1 atom stereocenters. The zero-order valence-electron chi connectivity index (χ0n) is 23.8. The van der Waals surface area contributed by atoms with Crippen LogP contribution >= 0.6 is 0 Å². The number of hydrogen-bond donors (Lipinski definition) is 1. The average Bonchev–Trinajstić information content (AvgIpc) is 3.22. The van der Waals surface area contributed by atoms with Crippen molar-refractivity contribution in [3.8, 4) is 0 Å². The van der Waals surface area contributed by atoms with Gasteiger partial charge in [0.15, 0.2) is 11.5 Å². The number of benzene rings is 2. The third-order valence-corrected chi connectivity index (χ3v) is 7.66. The lowest BCUT2D eigenvalue weighted by atomic mass is 9.95. The highest BCUT2D eigenvalue weighted by Crippen LogP contribution is 2.38. The molecule has 1 heterocycles. The fourth-order valence-electron chi connectivity index (χ4n) is 5.42. The second-order valence-electron chi connectivity index (χ2n) is 10.8. The first kappa shape index (κ1) is 30.4. The first-order valence-corrected chi connectivity index (χ1v) is 15.2. The van der Waals surface area contributed by atoms with Crippen molar-refractivity contribution in [2.45, 2.75) is 103 Å². The molecule has 2 aromatic carbocycles. The molecule has 0 aromatic heterocycles. The molecule has 0 bridgehead atoms. The molecule has 0 saturated heterocycles. The van der Waals surface area contributed by atoms with Crippen molar-refractivity contribution < 1.29 is 14.7 Å². The predicted octanol–water partition coefficient (Wildman–Crippen LogP) is 9.15. The average molecular weight is 530 g/mol. The second kappa shape index (κ2) is 17.4. The van der Waals surface area contributed by atoms with Crippen LogP contribution in [0.5, 0.6) is 0 Å². The Kier molecular flexibility index (Phi) is 13.6. The van der Waals surface area contributed by atoms with Crippen molar-refractivity contribution in [1.82, 2.24) is 4.90 Å². The van der Waals surface area contributed by atoms with E-state index in [2.05, 4.69) is 6.92 Å². The Balaban J connectivity index is 1.46. The van der Waals surface area contributed by atoms with Crippen LogP contribution in [0.2, 0.25) is 0 Å². The lowest BCUT2D eigenvalue weighted by Crippen LogP contribution is -2.32. The van der Waals surface area contributed by atoms with Crippen LogP contribution in [0.15, 0.2) is 78.1 Å². The van der Waals surface area contributed by atoms with Crippen LogP contribution in [0, 0.1) is 0 Å². The van der Waals surface area contributed by atoms with Crippen LogP contribution in [0.3, 0.4) is 0 Å². The summed E-state index contributed by atoms with van der Waals surface area (Å²) < 4.78 is 0. The van der Waals surface area contributed by atoms with Gasteiger partial charge in [0.25, 0.3) is 5.91 Å². The fraction of sp³-hybridized carbons (Fsp3) is 0.486. The number of ketones is 1. The molecule has 0 spiro atoms. The van der Waals surface area contributed by atoms with E-state index in [1.54, 1.807) is 11.0 Å². The van der Waals surface area contributed by atoms with Gasteiger partial charge in [0.05, 0.1) is 11.6 Å². The van der Waals surface area contributed by atoms with Crippen LogP contribution in [0.25, 0.3) is 6.08 Å². The molecule has 1 unspecified atom stereocenters. The van der Waals surface area contributed by atoms with E-state index >= 15 is 0 Å². The summed E-state index contributed by atoms with van der Waals surface area (Å²) in [6, 6.07) is 18.6. The number of carbonyl (C=O) groups excluding carboxylic acids is 2. The molecule has 2 aromatic rings. The van der Waals surface area contributed by atoms with Gasteiger partial charge in [-0.25, -0.2) is 0 Å². The number of carbonyl (C=O) groups is 2. The van der Waals surface area contributed by atoms with Crippen molar-refractivity contribution in [3.05, 3.63) is 89.2 Å². The predicted molar refractivity (Wildman–Crippen MR) is 161 cm³/mol. The molecule has 0 fully saturated rings. The molecular formula is C35H47NO3. The number of hydrogen-bond acceptors (Lipinski definition) is 3. The van der Waals surface area contributed by atoms with Crippen LogP contribution in [0.1, 0.15) is 114 Å². The summed E-state index contributed by atoms with van der Waals surface area (Å²) in [5.41, 5.74) is 1.91. The Bertz CT molecular complexity index is 1060. The summed E-state index contributed by atoms with van der Waals surface area (Å²) >= 11 is 0. The normalized spacial score (nSPS) is 15.6. The summed E-state index contributed by atoms with van der Waals surface area (Å²) in [4.78, 5) is 28.0. The van der Waals surface area contributed by atoms with Gasteiger partial charge in [-0.05, 0) is 23.6 Å². The topological polar surface area (TPSA) is 57.6 Å². The molecule has 1 aliphatic rings. The Hall–Kier alpha value is -3.14. The minimum absolute atomic E-state index is 0.170. The Morgan fingerprint density at radius 2 is 1.23 bits per heavy atom. The molecule has 0 radical (unpaired) electrons. The van der Waals surface area contributed by atoms with Crippen molar-refractivity contribution >= 4 is 17.8 Å². The van der Waals surface area contributed by atoms with Gasteiger partial charge in [0.1, 0.15) is 0 Å². The van der Waals surface area contributed by atoms with Gasteiger partial charge in [0.2, 0.25) is 0 Å². The molecule has 39 heavy (non-hydrogen) atoms. The van der Waals surface area contributed by atoms with Crippen LogP contribution < -0.4 is 0 Å². The smallest absolute Gasteiger partial charge is 0.290 e. The maximum Gasteiger partial charge on any atom is 0.290 e. The quantitative estimate of drug-likeness (QED) is 0.146. The molecule has 4 heteroatoms. The maximum atomic E-state index is 13.2. The van der Waals surface area contributed by atoms with Crippen LogP contribution in [-0.2, 0) is 9.59 Å². The number of unbranched alkanes of at least 4 members (excludes halogenated alkanes) is 13. The van der Waals surface area contributed by atoms with Gasteiger partial charge in [-0.1, -0.05) is 157 Å². The van der Waals surface area contributed by atoms with Crippen molar-refractivity contribution in [2.75, 3.05) is 6.54 Å². The van der Waals surface area contributed by atoms with Gasteiger partial charge in [-0.3, -0.25) is 9.59 Å². The van der Waals surface area contributed by atoms with Crippen molar-refractivity contribution in [2.24, 2.45) is 0 Å². The first-order chi connectivity index (χ1) is 19.1. The number of aliphatic hydroxyl groups excluding tert-OH is 1. The van der Waals surface area contributed by atoms with E-state index in [1.165, 1.54) is 76.7 Å². The Labute approximate surface area is 235 Å². The monoisotopic (exact) mass is 529 g/mol. The highest BCUT2D eigenvalue weighted by Gasteiger charge is 2.42. The minimum Gasteiger partial charge on any atom is -0.503 e. The number of aliphatic hydroxyl groups is 1. The fourth-order valence-corrected chi connectivity index (χ4v) is 5.42. The van der Waals surface area contributed by atoms with E-state index in [-0.39, 0.29) is 11.4 Å². The maximum absolute atomic E-state index is 13.2. The zero-order chi connectivity index (χ0) is 27.7. The highest BCUT2D eigenvalue weighted by atomic mass is 16.3. The van der Waals surface area contributed by atoms with E-state index < -0.39 is 17.7 Å². The SMILES string of the molecule is CCCCCCCCCCCCCCCCN1C(=O)C(O)=C(C(=O)/C=C/c2ccccc2)C1c1ccccc1. The minimum atomic E-state index is -0.561. The second-order valence-corrected chi connectivity index (χ2v) is 10.8. The standard InChI is InChI=1S/C35H47NO3/c1-2-3-4-5-6-7-8-9-10-11-12-13-14-21-28-36-33(30-24-19-16-20-25-30)32(34(38)35(36)39)31(37)27-26-29-22-17-15-18-23-29/h15-20,22-27,33,38H,2-14,21,28H2,1H3/b27-26+. The summed E-state index contributed by atoms with van der Waals surface area (Å²) in [6.07, 6.45) is 21.0. The molecule has 0 saturated carbocycles. The Morgan fingerprint density at radius 1 is 0.744 bits per heavy atom. The van der Waals surface area contributed by atoms with E-state index in [0.717, 1.165) is 30.4 Å². The Morgan fingerprint density at radius 3 is 1.77 bits per heavy atom. The molecule has 0 aliphatic carbocycles. The van der Waals surface area contributed by atoms with E-state index in [4.69, 9.17) is 0 Å². The molecule has 210 valence electrons. The highest BCUT2D eigenvalue weighted by molar-refractivity contribution is 6.14. The molecule has 3 rings (SSSR count). The number of nitrogens with zero attached hydrogens (tertiary/aromatic N) is 1. The number of amides is 1. The van der Waals surface area contributed by atoms with E-state index in [1.807, 2.05) is 60.7 Å². The summed E-state index contributed by atoms with van der Waals surface area (Å²) in [5, 5.41) is 10.8. The molecule has 1 amide bonds. The lowest BCUT2D eigenvalue weighted by Gasteiger charge is -2.26. The first-order valence-electron chi connectivity index (χ1n) is 15.2. The van der Waals surface area contributed by atoms with Crippen molar-refractivity contribution in [3.63, 3.8) is 0 Å². The molecule has 1 N–H and O–H groups in total. The van der Waals surface area contributed by atoms with Gasteiger partial charge < -0.3 is 10.0 Å². The van der Waals surface area contributed by atoms with Gasteiger partial charge in [0, 0.05) is 6.54 Å². The molecule has 4 nitrogen and oxygen atoms in total. The summed E-state index contributed by atoms with van der Waals surface area (Å²) in [6.45, 7) is 2.79. The number of allylic oxidation sites excluding steroid dienone is 1. The van der Waals surface area contributed by atoms with Gasteiger partial charge in [-0.2, -0.15) is 0 Å². The summed E-state index contributed by atoms with van der Waals surface area (Å²) in [5.74, 6) is -1.20. The third-order valence-electron chi connectivity index (χ3n) is 7.66. The van der Waals surface area contributed by atoms with E-state index in [9.17, 15) is 14.7 Å². The van der Waals surface area contributed by atoms with Crippen LogP contribution in [-0.4, -0.2) is 28.2 Å². The lowest BCUT2D eigenvalue weighted by molar-refractivity contribution is -0.129. The molecular weight excluding hydrogens is 482 g/mol. The van der Waals surface area contributed by atoms with Gasteiger partial charge >= 0.3 is 0 Å². The van der Waals surface area contributed by atoms with Crippen LogP contribution in [0.4, 0.5) is 0 Å². The zero-order valence-corrected chi connectivity index (χ0v) is 23.8. The van der Waals surface area contributed by atoms with E-state index in [0.29, 0.717) is 6.54 Å². The largest absolute Gasteiger partial charge is 0.503 e. The third kappa shape index (κ3) is 9.84. The van der Waals surface area contributed by atoms with Gasteiger partial charge in [-0.15, -0.1) is 0 Å².